The number of benzene rings is 1. The molecular formula is C15H21NO4. The lowest BCUT2D eigenvalue weighted by Gasteiger charge is -2.32. The molecule has 2 rings (SSSR count). The number of ether oxygens (including phenoxy) is 2. The topological polar surface area (TPSA) is 67.8 Å². The zero-order chi connectivity index (χ0) is 14.6. The molecule has 110 valence electrons. The van der Waals surface area contributed by atoms with Gasteiger partial charge in [-0.2, -0.15) is 0 Å². The molecule has 1 aliphatic heterocycles. The number of amides is 1. The van der Waals surface area contributed by atoms with Crippen molar-refractivity contribution in [1.82, 2.24) is 5.32 Å². The fourth-order valence-corrected chi connectivity index (χ4v) is 2.10. The summed E-state index contributed by atoms with van der Waals surface area (Å²) in [6.07, 6.45) is 0.595. The standard InChI is InChI=1S/C15H21NO4/c1-3-15(2,8-9-17)16-14(18)13-10-19-11-6-4-5-7-12(11)20-13/h4-7,13,17H,3,8-10H2,1-2H3,(H,16,18). The van der Waals surface area contributed by atoms with Crippen molar-refractivity contribution in [2.75, 3.05) is 13.2 Å². The molecule has 0 bridgehead atoms. The first kappa shape index (κ1) is 14.7. The highest BCUT2D eigenvalue weighted by molar-refractivity contribution is 5.82. The molecule has 1 heterocycles. The van der Waals surface area contributed by atoms with Gasteiger partial charge in [-0.1, -0.05) is 19.1 Å². The third kappa shape index (κ3) is 3.22. The monoisotopic (exact) mass is 279 g/mol. The van der Waals surface area contributed by atoms with Crippen molar-refractivity contribution in [1.29, 1.82) is 0 Å². The maximum atomic E-state index is 12.3. The number of fused-ring (bicyclic) bond motifs is 1. The van der Waals surface area contributed by atoms with Crippen LogP contribution in [0.4, 0.5) is 0 Å². The molecule has 1 amide bonds. The molecule has 0 fully saturated rings. The molecule has 0 radical (unpaired) electrons. The number of hydrogen-bond donors (Lipinski definition) is 2. The molecule has 1 aromatic carbocycles. The minimum absolute atomic E-state index is 0.0372. The molecule has 2 atom stereocenters. The summed E-state index contributed by atoms with van der Waals surface area (Å²) in [5, 5.41) is 12.0. The molecule has 0 aromatic heterocycles. The first-order valence-electron chi connectivity index (χ1n) is 6.89. The van der Waals surface area contributed by atoms with Gasteiger partial charge in [-0.25, -0.2) is 0 Å². The van der Waals surface area contributed by atoms with Crippen LogP contribution in [0.15, 0.2) is 24.3 Å². The highest BCUT2D eigenvalue weighted by Crippen LogP contribution is 2.31. The van der Waals surface area contributed by atoms with Crippen LogP contribution in [0.25, 0.3) is 0 Å². The summed E-state index contributed by atoms with van der Waals surface area (Å²) in [7, 11) is 0. The summed E-state index contributed by atoms with van der Waals surface area (Å²) in [4.78, 5) is 12.3. The molecule has 5 heteroatoms. The summed E-state index contributed by atoms with van der Waals surface area (Å²) < 4.78 is 11.2. The van der Waals surface area contributed by atoms with Gasteiger partial charge in [-0.3, -0.25) is 4.79 Å². The average molecular weight is 279 g/mol. The molecule has 1 aliphatic rings. The van der Waals surface area contributed by atoms with Crippen molar-refractivity contribution in [3.8, 4) is 11.5 Å². The van der Waals surface area contributed by atoms with Gasteiger partial charge in [0.1, 0.15) is 6.61 Å². The van der Waals surface area contributed by atoms with E-state index in [9.17, 15) is 4.79 Å². The van der Waals surface area contributed by atoms with Crippen molar-refractivity contribution < 1.29 is 19.4 Å². The largest absolute Gasteiger partial charge is 0.485 e. The van der Waals surface area contributed by atoms with E-state index in [-0.39, 0.29) is 19.1 Å². The Morgan fingerprint density at radius 1 is 1.45 bits per heavy atom. The minimum Gasteiger partial charge on any atom is -0.485 e. The minimum atomic E-state index is -0.658. The second-order valence-electron chi connectivity index (χ2n) is 5.24. The lowest BCUT2D eigenvalue weighted by atomic mass is 9.94. The van der Waals surface area contributed by atoms with Crippen LogP contribution in [-0.2, 0) is 4.79 Å². The van der Waals surface area contributed by atoms with Crippen molar-refractivity contribution in [3.05, 3.63) is 24.3 Å². The Balaban J connectivity index is 2.01. The van der Waals surface area contributed by atoms with Crippen LogP contribution in [0.1, 0.15) is 26.7 Å². The predicted octanol–water partition coefficient (Wildman–Crippen LogP) is 1.49. The van der Waals surface area contributed by atoms with Crippen LogP contribution < -0.4 is 14.8 Å². The van der Waals surface area contributed by atoms with Crippen LogP contribution in [-0.4, -0.2) is 35.9 Å². The Morgan fingerprint density at radius 2 is 2.15 bits per heavy atom. The Kier molecular flexibility index (Phi) is 4.49. The highest BCUT2D eigenvalue weighted by Gasteiger charge is 2.32. The van der Waals surface area contributed by atoms with E-state index in [1.165, 1.54) is 0 Å². The molecule has 20 heavy (non-hydrogen) atoms. The number of aliphatic hydroxyl groups is 1. The molecule has 0 saturated heterocycles. The Hall–Kier alpha value is -1.75. The first-order chi connectivity index (χ1) is 9.58. The van der Waals surface area contributed by atoms with E-state index in [1.807, 2.05) is 32.0 Å². The van der Waals surface area contributed by atoms with Crippen LogP contribution >= 0.6 is 0 Å². The summed E-state index contributed by atoms with van der Waals surface area (Å²) in [6.45, 7) is 4.12. The van der Waals surface area contributed by atoms with E-state index in [4.69, 9.17) is 14.6 Å². The molecule has 5 nitrogen and oxygen atoms in total. The second kappa shape index (κ2) is 6.13. The highest BCUT2D eigenvalue weighted by atomic mass is 16.6. The summed E-state index contributed by atoms with van der Waals surface area (Å²) in [5.74, 6) is 1.03. The third-order valence-corrected chi connectivity index (χ3v) is 3.67. The molecule has 1 aromatic rings. The maximum absolute atomic E-state index is 12.3. The number of hydrogen-bond acceptors (Lipinski definition) is 4. The van der Waals surface area contributed by atoms with Crippen LogP contribution in [0.3, 0.4) is 0 Å². The van der Waals surface area contributed by atoms with Crippen molar-refractivity contribution in [2.45, 2.75) is 38.3 Å². The van der Waals surface area contributed by atoms with E-state index in [1.54, 1.807) is 6.07 Å². The SMILES string of the molecule is CCC(C)(CCO)NC(=O)C1COc2ccccc2O1. The summed E-state index contributed by atoms with van der Waals surface area (Å²) >= 11 is 0. The van der Waals surface area contributed by atoms with Crippen LogP contribution in [0, 0.1) is 0 Å². The summed E-state index contributed by atoms with van der Waals surface area (Å²) in [5.41, 5.74) is -0.424. The lowest BCUT2D eigenvalue weighted by molar-refractivity contribution is -0.132. The zero-order valence-corrected chi connectivity index (χ0v) is 11.9. The van der Waals surface area contributed by atoms with E-state index < -0.39 is 11.6 Å². The quantitative estimate of drug-likeness (QED) is 0.857. The fraction of sp³-hybridized carbons (Fsp3) is 0.533. The number of nitrogens with one attached hydrogen (secondary N) is 1. The van der Waals surface area contributed by atoms with E-state index >= 15 is 0 Å². The van der Waals surface area contributed by atoms with Gasteiger partial charge in [0.25, 0.3) is 5.91 Å². The number of rotatable bonds is 5. The van der Waals surface area contributed by atoms with Crippen molar-refractivity contribution in [3.63, 3.8) is 0 Å². The zero-order valence-electron chi connectivity index (χ0n) is 11.9. The van der Waals surface area contributed by atoms with Crippen molar-refractivity contribution >= 4 is 5.91 Å². The Labute approximate surface area is 118 Å². The van der Waals surface area contributed by atoms with E-state index in [0.29, 0.717) is 17.9 Å². The van der Waals surface area contributed by atoms with Crippen LogP contribution in [0.5, 0.6) is 11.5 Å². The normalized spacial score (nSPS) is 20.1. The van der Waals surface area contributed by atoms with Gasteiger partial charge < -0.3 is 19.9 Å². The summed E-state index contributed by atoms with van der Waals surface area (Å²) in [6, 6.07) is 7.29. The number of aliphatic hydroxyl groups excluding tert-OH is 1. The molecule has 0 aliphatic carbocycles. The molecule has 0 spiro atoms. The van der Waals surface area contributed by atoms with Crippen LogP contribution in [0.2, 0.25) is 0 Å². The van der Waals surface area contributed by atoms with Gasteiger partial charge in [0.2, 0.25) is 6.10 Å². The molecule has 2 N–H and O–H groups in total. The van der Waals surface area contributed by atoms with Gasteiger partial charge in [-0.05, 0) is 31.9 Å². The number of carbonyl (C=O) groups excluding carboxylic acids is 1. The number of carbonyl (C=O) groups is 1. The molecule has 0 saturated carbocycles. The number of para-hydroxylation sites is 2. The maximum Gasteiger partial charge on any atom is 0.265 e. The first-order valence-corrected chi connectivity index (χ1v) is 6.89. The third-order valence-electron chi connectivity index (χ3n) is 3.67. The van der Waals surface area contributed by atoms with Gasteiger partial charge in [0.05, 0.1) is 0 Å². The smallest absolute Gasteiger partial charge is 0.265 e. The van der Waals surface area contributed by atoms with E-state index in [0.717, 1.165) is 6.42 Å². The Morgan fingerprint density at radius 3 is 2.80 bits per heavy atom. The van der Waals surface area contributed by atoms with Gasteiger partial charge in [-0.15, -0.1) is 0 Å². The lowest BCUT2D eigenvalue weighted by Crippen LogP contribution is -2.53. The fourth-order valence-electron chi connectivity index (χ4n) is 2.10. The second-order valence-corrected chi connectivity index (χ2v) is 5.24. The molecule has 2 unspecified atom stereocenters. The predicted molar refractivity (Wildman–Crippen MR) is 74.9 cm³/mol. The van der Waals surface area contributed by atoms with Gasteiger partial charge >= 0.3 is 0 Å². The van der Waals surface area contributed by atoms with Crippen molar-refractivity contribution in [2.24, 2.45) is 0 Å². The molecular weight excluding hydrogens is 258 g/mol. The van der Waals surface area contributed by atoms with Gasteiger partial charge in [0, 0.05) is 12.1 Å². The Bertz CT molecular complexity index is 477. The van der Waals surface area contributed by atoms with E-state index in [2.05, 4.69) is 5.32 Å². The van der Waals surface area contributed by atoms with Gasteiger partial charge in [0.15, 0.2) is 11.5 Å². The average Bonchev–Trinajstić information content (AvgIpc) is 2.47.